The second-order valence-corrected chi connectivity index (χ2v) is 5.19. The predicted octanol–water partition coefficient (Wildman–Crippen LogP) is 4.43. The number of hydrogen-bond acceptors (Lipinski definition) is 2. The molecule has 0 saturated carbocycles. The van der Waals surface area contributed by atoms with Crippen LogP contribution in [0.4, 0.5) is 11.4 Å². The van der Waals surface area contributed by atoms with Gasteiger partial charge in [-0.1, -0.05) is 41.4 Å². The first-order chi connectivity index (χ1) is 9.56. The van der Waals surface area contributed by atoms with E-state index in [1.807, 2.05) is 30.3 Å². The van der Waals surface area contributed by atoms with Gasteiger partial charge in [-0.3, -0.25) is 4.79 Å². The second kappa shape index (κ2) is 6.64. The van der Waals surface area contributed by atoms with E-state index in [0.29, 0.717) is 15.7 Å². The van der Waals surface area contributed by atoms with Gasteiger partial charge in [-0.25, -0.2) is 0 Å². The van der Waals surface area contributed by atoms with Gasteiger partial charge in [-0.05, 0) is 37.3 Å². The number of nitrogens with one attached hydrogen (secondary N) is 2. The second-order valence-electron chi connectivity index (χ2n) is 4.35. The monoisotopic (exact) mass is 308 g/mol. The Morgan fingerprint density at radius 2 is 1.80 bits per heavy atom. The van der Waals surface area contributed by atoms with Gasteiger partial charge in [0, 0.05) is 10.7 Å². The molecule has 3 nitrogen and oxygen atoms in total. The highest BCUT2D eigenvalue weighted by Crippen LogP contribution is 2.25. The normalized spacial score (nSPS) is 11.8. The van der Waals surface area contributed by atoms with E-state index in [0.717, 1.165) is 5.69 Å². The Bertz CT molecular complexity index is 602. The number of para-hydroxylation sites is 1. The van der Waals surface area contributed by atoms with Crippen molar-refractivity contribution in [3.8, 4) is 0 Å². The summed E-state index contributed by atoms with van der Waals surface area (Å²) >= 11 is 11.8. The molecule has 2 aromatic rings. The molecule has 0 saturated heterocycles. The quantitative estimate of drug-likeness (QED) is 0.877. The standard InChI is InChI=1S/C15H14Cl2N2O/c1-10(18-12-5-3-2-4-6-12)15(20)19-14-8-7-11(16)9-13(14)17/h2-10,18H,1H3,(H,19,20)/t10-/m0/s1. The molecule has 0 fully saturated rings. The van der Waals surface area contributed by atoms with Gasteiger partial charge in [0.2, 0.25) is 5.91 Å². The Kier molecular flexibility index (Phi) is 4.88. The molecule has 5 heteroatoms. The van der Waals surface area contributed by atoms with Crippen molar-refractivity contribution in [1.29, 1.82) is 0 Å². The Morgan fingerprint density at radius 3 is 2.45 bits per heavy atom. The summed E-state index contributed by atoms with van der Waals surface area (Å²) in [4.78, 5) is 12.1. The first-order valence-corrected chi connectivity index (χ1v) is 6.89. The molecule has 2 N–H and O–H groups in total. The number of anilines is 2. The van der Waals surface area contributed by atoms with Crippen molar-refractivity contribution >= 4 is 40.5 Å². The predicted molar refractivity (Wildman–Crippen MR) is 84.6 cm³/mol. The van der Waals surface area contributed by atoms with Crippen LogP contribution in [0.3, 0.4) is 0 Å². The Balaban J connectivity index is 2.01. The number of halogens is 2. The number of rotatable bonds is 4. The van der Waals surface area contributed by atoms with Gasteiger partial charge in [-0.15, -0.1) is 0 Å². The van der Waals surface area contributed by atoms with Gasteiger partial charge in [0.05, 0.1) is 10.7 Å². The summed E-state index contributed by atoms with van der Waals surface area (Å²) in [5.41, 5.74) is 1.43. The molecule has 2 aromatic carbocycles. The van der Waals surface area contributed by atoms with Crippen LogP contribution in [0.15, 0.2) is 48.5 Å². The molecule has 104 valence electrons. The lowest BCUT2D eigenvalue weighted by Crippen LogP contribution is -2.31. The number of benzene rings is 2. The maximum Gasteiger partial charge on any atom is 0.246 e. The minimum Gasteiger partial charge on any atom is -0.374 e. The Hall–Kier alpha value is -1.71. The van der Waals surface area contributed by atoms with E-state index in [9.17, 15) is 4.79 Å². The fraction of sp³-hybridized carbons (Fsp3) is 0.133. The molecule has 0 aliphatic heterocycles. The number of carbonyl (C=O) groups excluding carboxylic acids is 1. The van der Waals surface area contributed by atoms with E-state index in [1.54, 1.807) is 25.1 Å². The van der Waals surface area contributed by atoms with E-state index in [1.165, 1.54) is 0 Å². The molecule has 0 spiro atoms. The van der Waals surface area contributed by atoms with E-state index in [2.05, 4.69) is 10.6 Å². The first kappa shape index (κ1) is 14.7. The van der Waals surface area contributed by atoms with Gasteiger partial charge in [0.1, 0.15) is 6.04 Å². The van der Waals surface area contributed by atoms with Crippen molar-refractivity contribution in [3.05, 3.63) is 58.6 Å². The lowest BCUT2D eigenvalue weighted by atomic mass is 10.2. The minimum atomic E-state index is -0.385. The number of carbonyl (C=O) groups is 1. The third kappa shape index (κ3) is 3.89. The average Bonchev–Trinajstić information content (AvgIpc) is 2.43. The van der Waals surface area contributed by atoms with Crippen LogP contribution in [-0.4, -0.2) is 11.9 Å². The SMILES string of the molecule is C[C@H](Nc1ccccc1)C(=O)Nc1ccc(Cl)cc1Cl. The molecule has 0 heterocycles. The van der Waals surface area contributed by atoms with Crippen LogP contribution in [0, 0.1) is 0 Å². The minimum absolute atomic E-state index is 0.168. The molecule has 2 rings (SSSR count). The van der Waals surface area contributed by atoms with Gasteiger partial charge in [0.15, 0.2) is 0 Å². The third-order valence-electron chi connectivity index (χ3n) is 2.74. The van der Waals surface area contributed by atoms with E-state index in [-0.39, 0.29) is 11.9 Å². The van der Waals surface area contributed by atoms with Crippen LogP contribution in [0.25, 0.3) is 0 Å². The summed E-state index contributed by atoms with van der Waals surface area (Å²) in [5, 5.41) is 6.82. The Morgan fingerprint density at radius 1 is 1.10 bits per heavy atom. The van der Waals surface area contributed by atoms with Gasteiger partial charge >= 0.3 is 0 Å². The van der Waals surface area contributed by atoms with Crippen LogP contribution in [0.2, 0.25) is 10.0 Å². The first-order valence-electron chi connectivity index (χ1n) is 6.14. The fourth-order valence-corrected chi connectivity index (χ4v) is 2.14. The molecule has 20 heavy (non-hydrogen) atoms. The van der Waals surface area contributed by atoms with E-state index < -0.39 is 0 Å². The van der Waals surface area contributed by atoms with E-state index >= 15 is 0 Å². The van der Waals surface area contributed by atoms with Crippen LogP contribution < -0.4 is 10.6 Å². The van der Waals surface area contributed by atoms with E-state index in [4.69, 9.17) is 23.2 Å². The third-order valence-corrected chi connectivity index (χ3v) is 3.29. The summed E-state index contributed by atoms with van der Waals surface area (Å²) in [6.07, 6.45) is 0. The molecule has 0 radical (unpaired) electrons. The molecule has 0 unspecified atom stereocenters. The van der Waals surface area contributed by atoms with Crippen molar-refractivity contribution in [3.63, 3.8) is 0 Å². The molecule has 0 aliphatic rings. The molecular weight excluding hydrogens is 295 g/mol. The number of amides is 1. The molecule has 1 atom stereocenters. The van der Waals surface area contributed by atoms with Gasteiger partial charge in [-0.2, -0.15) is 0 Å². The summed E-state index contributed by atoms with van der Waals surface area (Å²) in [5.74, 6) is -0.168. The highest BCUT2D eigenvalue weighted by atomic mass is 35.5. The van der Waals surface area contributed by atoms with Crippen molar-refractivity contribution in [2.45, 2.75) is 13.0 Å². The van der Waals surface area contributed by atoms with Gasteiger partial charge in [0.25, 0.3) is 0 Å². The molecule has 0 aliphatic carbocycles. The van der Waals surface area contributed by atoms with Crippen molar-refractivity contribution in [1.82, 2.24) is 0 Å². The van der Waals surface area contributed by atoms with Crippen LogP contribution in [0.1, 0.15) is 6.92 Å². The van der Waals surface area contributed by atoms with Gasteiger partial charge < -0.3 is 10.6 Å². The summed E-state index contributed by atoms with van der Waals surface area (Å²) in [6, 6.07) is 14.1. The summed E-state index contributed by atoms with van der Waals surface area (Å²) in [7, 11) is 0. The van der Waals surface area contributed by atoms with Crippen molar-refractivity contribution in [2.75, 3.05) is 10.6 Å². The average molecular weight is 309 g/mol. The molecule has 0 aromatic heterocycles. The molecule has 1 amide bonds. The summed E-state index contributed by atoms with van der Waals surface area (Å²) in [6.45, 7) is 1.78. The summed E-state index contributed by atoms with van der Waals surface area (Å²) < 4.78 is 0. The number of hydrogen-bond donors (Lipinski definition) is 2. The zero-order valence-corrected chi connectivity index (χ0v) is 12.4. The van der Waals surface area contributed by atoms with Crippen LogP contribution in [-0.2, 0) is 4.79 Å². The molecular formula is C15H14Cl2N2O. The molecule has 0 bridgehead atoms. The highest BCUT2D eigenvalue weighted by Gasteiger charge is 2.14. The smallest absolute Gasteiger partial charge is 0.246 e. The fourth-order valence-electron chi connectivity index (χ4n) is 1.68. The van der Waals surface area contributed by atoms with Crippen molar-refractivity contribution in [2.24, 2.45) is 0 Å². The largest absolute Gasteiger partial charge is 0.374 e. The highest BCUT2D eigenvalue weighted by molar-refractivity contribution is 6.36. The lowest BCUT2D eigenvalue weighted by Gasteiger charge is -2.16. The Labute approximate surface area is 127 Å². The van der Waals surface area contributed by atoms with Crippen LogP contribution in [0.5, 0.6) is 0 Å². The lowest BCUT2D eigenvalue weighted by molar-refractivity contribution is -0.116. The maximum atomic E-state index is 12.1. The van der Waals surface area contributed by atoms with Crippen molar-refractivity contribution < 1.29 is 4.79 Å². The zero-order chi connectivity index (χ0) is 14.5. The topological polar surface area (TPSA) is 41.1 Å². The van der Waals surface area contributed by atoms with Crippen LogP contribution >= 0.6 is 23.2 Å². The maximum absolute atomic E-state index is 12.1. The zero-order valence-electron chi connectivity index (χ0n) is 10.9.